The zero-order valence-corrected chi connectivity index (χ0v) is 15.6. The first-order chi connectivity index (χ1) is 10.7. The van der Waals surface area contributed by atoms with Gasteiger partial charge in [0.05, 0.1) is 13.7 Å². The van der Waals surface area contributed by atoms with Crippen molar-refractivity contribution in [3.05, 3.63) is 54.6 Å². The summed E-state index contributed by atoms with van der Waals surface area (Å²) in [5.41, 5.74) is 6.77. The highest BCUT2D eigenvalue weighted by atomic mass is 127. The summed E-state index contributed by atoms with van der Waals surface area (Å²) >= 11 is 0. The van der Waals surface area contributed by atoms with E-state index < -0.39 is 0 Å². The Morgan fingerprint density at radius 3 is 2.35 bits per heavy atom. The smallest absolute Gasteiger partial charge is 0.193 e. The number of nitrogens with one attached hydrogen (secondary N) is 1. The maximum atomic E-state index is 5.86. The van der Waals surface area contributed by atoms with Crippen molar-refractivity contribution in [1.29, 1.82) is 0 Å². The Morgan fingerprint density at radius 1 is 1.09 bits per heavy atom. The van der Waals surface area contributed by atoms with Gasteiger partial charge in [-0.25, -0.2) is 4.99 Å². The van der Waals surface area contributed by atoms with E-state index in [1.807, 2.05) is 61.5 Å². The SMILES string of the molecule is COc1ccccc1OC(C)CN=C(N)Nc1ccccc1.I. The van der Waals surface area contributed by atoms with Gasteiger partial charge in [-0.15, -0.1) is 24.0 Å². The molecule has 0 aliphatic carbocycles. The highest BCUT2D eigenvalue weighted by Gasteiger charge is 2.08. The minimum Gasteiger partial charge on any atom is -0.493 e. The number of hydrogen-bond donors (Lipinski definition) is 2. The standard InChI is InChI=1S/C17H21N3O2.HI/c1-13(22-16-11-7-6-10-15(16)21-2)12-19-17(18)20-14-8-4-3-5-9-14;/h3-11,13H,12H2,1-2H3,(H3,18,19,20);1H. The molecule has 0 saturated heterocycles. The molecule has 1 atom stereocenters. The molecule has 0 fully saturated rings. The van der Waals surface area contributed by atoms with Crippen LogP contribution >= 0.6 is 24.0 Å². The van der Waals surface area contributed by atoms with Crippen LogP contribution in [-0.2, 0) is 0 Å². The number of anilines is 1. The summed E-state index contributed by atoms with van der Waals surface area (Å²) in [6.07, 6.45) is -0.118. The Hall–Kier alpha value is -1.96. The van der Waals surface area contributed by atoms with Crippen molar-refractivity contribution in [3.63, 3.8) is 0 Å². The van der Waals surface area contributed by atoms with E-state index in [4.69, 9.17) is 15.2 Å². The number of benzene rings is 2. The molecule has 0 spiro atoms. The Balaban J connectivity index is 0.00000264. The van der Waals surface area contributed by atoms with Gasteiger partial charge in [-0.1, -0.05) is 30.3 Å². The van der Waals surface area contributed by atoms with Crippen LogP contribution in [0.2, 0.25) is 0 Å². The van der Waals surface area contributed by atoms with Crippen LogP contribution in [0.25, 0.3) is 0 Å². The van der Waals surface area contributed by atoms with Crippen LogP contribution in [0.5, 0.6) is 11.5 Å². The third-order valence-corrected chi connectivity index (χ3v) is 2.96. The lowest BCUT2D eigenvalue weighted by Crippen LogP contribution is -2.25. The number of aliphatic imine (C=N–C) groups is 1. The maximum absolute atomic E-state index is 5.86. The molecule has 5 nitrogen and oxygen atoms in total. The number of rotatable bonds is 6. The van der Waals surface area contributed by atoms with Crippen LogP contribution < -0.4 is 20.5 Å². The van der Waals surface area contributed by atoms with Crippen LogP contribution in [-0.4, -0.2) is 25.7 Å². The minimum absolute atomic E-state index is 0. The first-order valence-electron chi connectivity index (χ1n) is 7.10. The van der Waals surface area contributed by atoms with Crippen molar-refractivity contribution >= 4 is 35.6 Å². The van der Waals surface area contributed by atoms with Gasteiger partial charge in [-0.2, -0.15) is 0 Å². The lowest BCUT2D eigenvalue weighted by molar-refractivity contribution is 0.219. The molecule has 0 aromatic heterocycles. The number of nitrogens with two attached hydrogens (primary N) is 1. The summed E-state index contributed by atoms with van der Waals surface area (Å²) in [4.78, 5) is 4.29. The predicted octanol–water partition coefficient (Wildman–Crippen LogP) is 3.51. The lowest BCUT2D eigenvalue weighted by atomic mass is 10.3. The van der Waals surface area contributed by atoms with Crippen molar-refractivity contribution in [3.8, 4) is 11.5 Å². The van der Waals surface area contributed by atoms with Gasteiger partial charge in [0.1, 0.15) is 6.10 Å². The third kappa shape index (κ3) is 6.35. The van der Waals surface area contributed by atoms with Gasteiger partial charge >= 0.3 is 0 Å². The number of halogens is 1. The van der Waals surface area contributed by atoms with Crippen LogP contribution in [0.3, 0.4) is 0 Å². The molecule has 0 saturated carbocycles. The number of hydrogen-bond acceptors (Lipinski definition) is 3. The molecule has 6 heteroatoms. The van der Waals surface area contributed by atoms with Crippen LogP contribution in [0.4, 0.5) is 5.69 Å². The molecule has 1 unspecified atom stereocenters. The van der Waals surface area contributed by atoms with Crippen LogP contribution in [0.15, 0.2) is 59.6 Å². The number of methoxy groups -OCH3 is 1. The second kappa shape index (κ2) is 9.94. The number of guanidine groups is 1. The fraction of sp³-hybridized carbons (Fsp3) is 0.235. The molecule has 2 aromatic carbocycles. The first-order valence-corrected chi connectivity index (χ1v) is 7.10. The molecule has 23 heavy (non-hydrogen) atoms. The van der Waals surface area contributed by atoms with Crippen molar-refractivity contribution in [2.24, 2.45) is 10.7 Å². The van der Waals surface area contributed by atoms with E-state index in [9.17, 15) is 0 Å². The molecule has 0 bridgehead atoms. The Labute approximate surface area is 153 Å². The van der Waals surface area contributed by atoms with E-state index in [2.05, 4.69) is 10.3 Å². The highest BCUT2D eigenvalue weighted by Crippen LogP contribution is 2.26. The molecular formula is C17H22IN3O2. The second-order valence-corrected chi connectivity index (χ2v) is 4.80. The lowest BCUT2D eigenvalue weighted by Gasteiger charge is -2.15. The molecular weight excluding hydrogens is 405 g/mol. The van der Waals surface area contributed by atoms with Gasteiger partial charge in [0.2, 0.25) is 0 Å². The summed E-state index contributed by atoms with van der Waals surface area (Å²) in [6.45, 7) is 2.38. The van der Waals surface area contributed by atoms with Crippen molar-refractivity contribution < 1.29 is 9.47 Å². The molecule has 0 aliphatic heterocycles. The third-order valence-electron chi connectivity index (χ3n) is 2.96. The quantitative estimate of drug-likeness (QED) is 0.421. The van der Waals surface area contributed by atoms with Gasteiger partial charge in [0, 0.05) is 5.69 Å². The number of nitrogens with zero attached hydrogens (tertiary/aromatic N) is 1. The predicted molar refractivity (Wildman–Crippen MR) is 105 cm³/mol. The molecule has 3 N–H and O–H groups in total. The van der Waals surface area contributed by atoms with Crippen molar-refractivity contribution in [2.75, 3.05) is 19.0 Å². The van der Waals surface area contributed by atoms with Crippen molar-refractivity contribution in [2.45, 2.75) is 13.0 Å². The maximum Gasteiger partial charge on any atom is 0.193 e. The van der Waals surface area contributed by atoms with Gasteiger partial charge in [-0.3, -0.25) is 0 Å². The molecule has 2 aromatic rings. The highest BCUT2D eigenvalue weighted by molar-refractivity contribution is 14.0. The summed E-state index contributed by atoms with van der Waals surface area (Å²) < 4.78 is 11.1. The largest absolute Gasteiger partial charge is 0.493 e. The Kier molecular flexibility index (Phi) is 8.25. The average Bonchev–Trinajstić information content (AvgIpc) is 2.54. The van der Waals surface area contributed by atoms with E-state index in [0.717, 1.165) is 5.69 Å². The van der Waals surface area contributed by atoms with E-state index in [1.54, 1.807) is 7.11 Å². The molecule has 0 radical (unpaired) electrons. The Morgan fingerprint density at radius 2 is 1.70 bits per heavy atom. The zero-order valence-electron chi connectivity index (χ0n) is 13.2. The number of ether oxygens (including phenoxy) is 2. The first kappa shape index (κ1) is 19.1. The molecule has 124 valence electrons. The van der Waals surface area contributed by atoms with E-state index in [1.165, 1.54) is 0 Å². The summed E-state index contributed by atoms with van der Waals surface area (Å²) in [5, 5.41) is 3.03. The van der Waals surface area contributed by atoms with Gasteiger partial charge in [-0.05, 0) is 31.2 Å². The summed E-state index contributed by atoms with van der Waals surface area (Å²) in [5.74, 6) is 1.76. The fourth-order valence-corrected chi connectivity index (χ4v) is 1.91. The Bertz CT molecular complexity index is 620. The normalized spacial score (nSPS) is 12.0. The summed E-state index contributed by atoms with van der Waals surface area (Å²) in [7, 11) is 1.62. The van der Waals surface area contributed by atoms with E-state index in [-0.39, 0.29) is 30.1 Å². The molecule has 0 aliphatic rings. The average molecular weight is 427 g/mol. The molecule has 0 amide bonds. The van der Waals surface area contributed by atoms with Crippen LogP contribution in [0.1, 0.15) is 6.92 Å². The van der Waals surface area contributed by atoms with Gasteiger partial charge < -0.3 is 20.5 Å². The van der Waals surface area contributed by atoms with E-state index >= 15 is 0 Å². The molecule has 0 heterocycles. The fourth-order valence-electron chi connectivity index (χ4n) is 1.91. The van der Waals surface area contributed by atoms with E-state index in [0.29, 0.717) is 24.0 Å². The second-order valence-electron chi connectivity index (χ2n) is 4.80. The van der Waals surface area contributed by atoms with Crippen LogP contribution in [0, 0.1) is 0 Å². The summed E-state index contributed by atoms with van der Waals surface area (Å²) in [6, 6.07) is 17.2. The molecule has 2 rings (SSSR count). The van der Waals surface area contributed by atoms with Gasteiger partial charge in [0.15, 0.2) is 17.5 Å². The zero-order chi connectivity index (χ0) is 15.8. The van der Waals surface area contributed by atoms with Gasteiger partial charge in [0.25, 0.3) is 0 Å². The monoisotopic (exact) mass is 427 g/mol. The topological polar surface area (TPSA) is 68.9 Å². The van der Waals surface area contributed by atoms with Crippen molar-refractivity contribution in [1.82, 2.24) is 0 Å². The minimum atomic E-state index is -0.118. The number of para-hydroxylation sites is 3.